The van der Waals surface area contributed by atoms with Gasteiger partial charge in [0.1, 0.15) is 0 Å². The maximum absolute atomic E-state index is 11.6. The maximum atomic E-state index is 11.6. The fourth-order valence-electron chi connectivity index (χ4n) is 1.53. The molecule has 96 valence electrons. The summed E-state index contributed by atoms with van der Waals surface area (Å²) in [5, 5.41) is 6.20. The van der Waals surface area contributed by atoms with Crippen molar-refractivity contribution in [2.45, 2.75) is 65.3 Å². The van der Waals surface area contributed by atoms with Gasteiger partial charge < -0.3 is 10.6 Å². The van der Waals surface area contributed by atoms with Gasteiger partial charge in [0, 0.05) is 6.54 Å². The van der Waals surface area contributed by atoms with Gasteiger partial charge in [0.25, 0.3) is 0 Å². The van der Waals surface area contributed by atoms with Crippen molar-refractivity contribution in [3.63, 3.8) is 0 Å². The molecule has 0 aliphatic carbocycles. The molecular formula is C13H28N2O. The molecule has 3 heteroatoms. The van der Waals surface area contributed by atoms with E-state index in [1.165, 1.54) is 25.7 Å². The molecule has 1 atom stereocenters. The van der Waals surface area contributed by atoms with E-state index in [2.05, 4.69) is 24.5 Å². The van der Waals surface area contributed by atoms with Gasteiger partial charge in [-0.25, -0.2) is 0 Å². The average molecular weight is 228 g/mol. The lowest BCUT2D eigenvalue weighted by atomic mass is 10.2. The van der Waals surface area contributed by atoms with E-state index in [9.17, 15) is 4.79 Å². The highest BCUT2D eigenvalue weighted by Gasteiger charge is 2.10. The molecule has 0 fully saturated rings. The lowest BCUT2D eigenvalue weighted by molar-refractivity contribution is -0.122. The van der Waals surface area contributed by atoms with E-state index in [0.29, 0.717) is 0 Å². The summed E-state index contributed by atoms with van der Waals surface area (Å²) in [6, 6.07) is -0.0570. The van der Waals surface area contributed by atoms with Crippen LogP contribution >= 0.6 is 0 Å². The quantitative estimate of drug-likeness (QED) is 0.564. The number of hydrogen-bond acceptors (Lipinski definition) is 2. The van der Waals surface area contributed by atoms with Crippen LogP contribution in [-0.2, 0) is 4.79 Å². The summed E-state index contributed by atoms with van der Waals surface area (Å²) in [6.45, 7) is 8.04. The molecule has 0 aliphatic heterocycles. The van der Waals surface area contributed by atoms with Crippen molar-refractivity contribution in [3.05, 3.63) is 0 Å². The zero-order valence-corrected chi connectivity index (χ0v) is 11.1. The van der Waals surface area contributed by atoms with Crippen LogP contribution in [0.1, 0.15) is 59.3 Å². The molecular weight excluding hydrogens is 200 g/mol. The van der Waals surface area contributed by atoms with Gasteiger partial charge in [0.2, 0.25) is 5.91 Å². The minimum atomic E-state index is -0.0570. The molecule has 0 aromatic heterocycles. The Bertz CT molecular complexity index is 171. The Morgan fingerprint density at radius 1 is 1.00 bits per heavy atom. The Morgan fingerprint density at radius 3 is 2.12 bits per heavy atom. The number of nitrogens with one attached hydrogen (secondary N) is 2. The van der Waals surface area contributed by atoms with Gasteiger partial charge >= 0.3 is 0 Å². The van der Waals surface area contributed by atoms with E-state index in [0.717, 1.165) is 25.9 Å². The maximum Gasteiger partial charge on any atom is 0.236 e. The standard InChI is InChI=1S/C13H28N2O/c1-4-6-8-10-14-12(3)13(16)15-11-9-7-5-2/h12,14H,4-11H2,1-3H3,(H,15,16). The molecule has 0 saturated carbocycles. The lowest BCUT2D eigenvalue weighted by Gasteiger charge is -2.13. The normalized spacial score (nSPS) is 12.4. The van der Waals surface area contributed by atoms with Crippen molar-refractivity contribution in [1.29, 1.82) is 0 Å². The van der Waals surface area contributed by atoms with E-state index in [1.807, 2.05) is 6.92 Å². The first kappa shape index (κ1) is 15.4. The van der Waals surface area contributed by atoms with Crippen molar-refractivity contribution in [2.75, 3.05) is 13.1 Å². The molecule has 0 rings (SSSR count). The molecule has 3 nitrogen and oxygen atoms in total. The van der Waals surface area contributed by atoms with Gasteiger partial charge in [0.15, 0.2) is 0 Å². The SMILES string of the molecule is CCCCCNC(=O)C(C)NCCCCC. The zero-order valence-electron chi connectivity index (χ0n) is 11.1. The largest absolute Gasteiger partial charge is 0.355 e. The van der Waals surface area contributed by atoms with E-state index >= 15 is 0 Å². The molecule has 0 aromatic rings. The van der Waals surface area contributed by atoms with Crippen molar-refractivity contribution in [1.82, 2.24) is 10.6 Å². The molecule has 1 unspecified atom stereocenters. The third-order valence-corrected chi connectivity index (χ3v) is 2.70. The summed E-state index contributed by atoms with van der Waals surface area (Å²) in [5.41, 5.74) is 0. The highest BCUT2D eigenvalue weighted by molar-refractivity contribution is 5.81. The summed E-state index contributed by atoms with van der Waals surface area (Å²) < 4.78 is 0. The number of amides is 1. The van der Waals surface area contributed by atoms with Crippen molar-refractivity contribution in [3.8, 4) is 0 Å². The van der Waals surface area contributed by atoms with Gasteiger partial charge in [-0.2, -0.15) is 0 Å². The fourth-order valence-corrected chi connectivity index (χ4v) is 1.53. The molecule has 16 heavy (non-hydrogen) atoms. The Kier molecular flexibility index (Phi) is 10.5. The predicted octanol–water partition coefficient (Wildman–Crippen LogP) is 2.46. The van der Waals surface area contributed by atoms with Crippen molar-refractivity contribution in [2.24, 2.45) is 0 Å². The van der Waals surface area contributed by atoms with Crippen molar-refractivity contribution >= 4 is 5.91 Å². The Hall–Kier alpha value is -0.570. The second-order valence-electron chi connectivity index (χ2n) is 4.38. The molecule has 0 spiro atoms. The predicted molar refractivity (Wildman–Crippen MR) is 69.5 cm³/mol. The summed E-state index contributed by atoms with van der Waals surface area (Å²) >= 11 is 0. The van der Waals surface area contributed by atoms with Crippen molar-refractivity contribution < 1.29 is 4.79 Å². The second-order valence-corrected chi connectivity index (χ2v) is 4.38. The fraction of sp³-hybridized carbons (Fsp3) is 0.923. The minimum Gasteiger partial charge on any atom is -0.355 e. The third kappa shape index (κ3) is 8.72. The number of unbranched alkanes of at least 4 members (excludes halogenated alkanes) is 4. The Balaban J connectivity index is 3.42. The van der Waals surface area contributed by atoms with Gasteiger partial charge in [0.05, 0.1) is 6.04 Å². The number of rotatable bonds is 10. The molecule has 0 bridgehead atoms. The first-order chi connectivity index (χ1) is 7.72. The summed E-state index contributed by atoms with van der Waals surface area (Å²) in [6.07, 6.45) is 7.09. The summed E-state index contributed by atoms with van der Waals surface area (Å²) in [5.74, 6) is 0.132. The molecule has 0 aromatic carbocycles. The van der Waals surface area contributed by atoms with Gasteiger partial charge in [-0.15, -0.1) is 0 Å². The van der Waals surface area contributed by atoms with Crippen LogP contribution in [-0.4, -0.2) is 25.0 Å². The van der Waals surface area contributed by atoms with Crippen LogP contribution in [0.15, 0.2) is 0 Å². The molecule has 0 aliphatic rings. The second kappa shape index (κ2) is 10.9. The minimum absolute atomic E-state index is 0.0570. The van der Waals surface area contributed by atoms with E-state index in [4.69, 9.17) is 0 Å². The van der Waals surface area contributed by atoms with Crippen LogP contribution < -0.4 is 10.6 Å². The van der Waals surface area contributed by atoms with E-state index < -0.39 is 0 Å². The molecule has 0 radical (unpaired) electrons. The molecule has 0 saturated heterocycles. The highest BCUT2D eigenvalue weighted by Crippen LogP contribution is 1.94. The van der Waals surface area contributed by atoms with Crippen LogP contribution in [0.25, 0.3) is 0 Å². The monoisotopic (exact) mass is 228 g/mol. The van der Waals surface area contributed by atoms with Crippen LogP contribution in [0.3, 0.4) is 0 Å². The summed E-state index contributed by atoms with van der Waals surface area (Å²) in [7, 11) is 0. The van der Waals surface area contributed by atoms with E-state index in [-0.39, 0.29) is 11.9 Å². The van der Waals surface area contributed by atoms with Gasteiger partial charge in [-0.1, -0.05) is 39.5 Å². The number of carbonyl (C=O) groups is 1. The van der Waals surface area contributed by atoms with Crippen LogP contribution in [0.4, 0.5) is 0 Å². The molecule has 0 heterocycles. The highest BCUT2D eigenvalue weighted by atomic mass is 16.2. The molecule has 1 amide bonds. The van der Waals surface area contributed by atoms with Gasteiger partial charge in [-0.3, -0.25) is 4.79 Å². The smallest absolute Gasteiger partial charge is 0.236 e. The van der Waals surface area contributed by atoms with Crippen LogP contribution in [0.5, 0.6) is 0 Å². The van der Waals surface area contributed by atoms with Gasteiger partial charge in [-0.05, 0) is 26.3 Å². The first-order valence-electron chi connectivity index (χ1n) is 6.73. The molecule has 2 N–H and O–H groups in total. The Labute approximate surface area is 100 Å². The third-order valence-electron chi connectivity index (χ3n) is 2.70. The van der Waals surface area contributed by atoms with Crippen LogP contribution in [0, 0.1) is 0 Å². The average Bonchev–Trinajstić information content (AvgIpc) is 2.29. The lowest BCUT2D eigenvalue weighted by Crippen LogP contribution is -2.42. The number of carbonyl (C=O) groups excluding carboxylic acids is 1. The van der Waals surface area contributed by atoms with Crippen LogP contribution in [0.2, 0.25) is 0 Å². The Morgan fingerprint density at radius 2 is 1.56 bits per heavy atom. The first-order valence-corrected chi connectivity index (χ1v) is 6.73. The summed E-state index contributed by atoms with van der Waals surface area (Å²) in [4.78, 5) is 11.6. The topological polar surface area (TPSA) is 41.1 Å². The zero-order chi connectivity index (χ0) is 12.2. The van der Waals surface area contributed by atoms with E-state index in [1.54, 1.807) is 0 Å². The number of hydrogen-bond donors (Lipinski definition) is 2.